The maximum absolute atomic E-state index is 12.6. The maximum atomic E-state index is 12.6. The topological polar surface area (TPSA) is 67.4 Å². The van der Waals surface area contributed by atoms with Crippen molar-refractivity contribution in [2.75, 3.05) is 25.1 Å². The van der Waals surface area contributed by atoms with Crippen LogP contribution in [0.15, 0.2) is 36.7 Å². The number of methoxy groups -OCH3 is 1. The summed E-state index contributed by atoms with van der Waals surface area (Å²) < 4.78 is 5.17. The molecule has 0 radical (unpaired) electrons. The van der Waals surface area contributed by atoms with Crippen molar-refractivity contribution in [2.45, 2.75) is 32.7 Å². The fourth-order valence-electron chi connectivity index (χ4n) is 3.75. The van der Waals surface area contributed by atoms with Crippen molar-refractivity contribution in [1.82, 2.24) is 15.3 Å². The molecule has 7 heteroatoms. The lowest BCUT2D eigenvalue weighted by Gasteiger charge is -2.32. The van der Waals surface area contributed by atoms with Crippen LogP contribution in [0.1, 0.15) is 30.2 Å². The highest BCUT2D eigenvalue weighted by atomic mass is 32.1. The molecule has 0 bridgehead atoms. The van der Waals surface area contributed by atoms with Gasteiger partial charge in [0.05, 0.1) is 12.5 Å². The number of hydrogen-bond donors (Lipinski definition) is 1. The normalized spacial score (nSPS) is 14.9. The van der Waals surface area contributed by atoms with Crippen LogP contribution in [0.3, 0.4) is 0 Å². The van der Waals surface area contributed by atoms with Gasteiger partial charge in [-0.05, 0) is 43.0 Å². The molecule has 0 atom stereocenters. The van der Waals surface area contributed by atoms with Crippen molar-refractivity contribution in [2.24, 2.45) is 5.92 Å². The Balaban J connectivity index is 1.34. The van der Waals surface area contributed by atoms with Gasteiger partial charge in [-0.25, -0.2) is 9.97 Å². The average molecular weight is 411 g/mol. The molecule has 1 saturated heterocycles. The van der Waals surface area contributed by atoms with Crippen molar-refractivity contribution in [3.8, 4) is 5.75 Å². The molecule has 6 nitrogen and oxygen atoms in total. The van der Waals surface area contributed by atoms with E-state index in [-0.39, 0.29) is 11.8 Å². The molecule has 1 amide bonds. The first-order chi connectivity index (χ1) is 14.2. The van der Waals surface area contributed by atoms with Gasteiger partial charge >= 0.3 is 0 Å². The number of aryl methyl sites for hydroxylation is 1. The molecule has 3 aromatic rings. The van der Waals surface area contributed by atoms with E-state index in [1.807, 2.05) is 24.3 Å². The van der Waals surface area contributed by atoms with E-state index in [1.165, 1.54) is 4.88 Å². The SMILES string of the molecule is CCc1cc2c(N3CCC(C(=O)NCc4ccc(OC)cc4)CC3)ncnc2s1. The summed E-state index contributed by atoms with van der Waals surface area (Å²) in [7, 11) is 1.65. The third kappa shape index (κ3) is 4.34. The smallest absolute Gasteiger partial charge is 0.223 e. The lowest BCUT2D eigenvalue weighted by Crippen LogP contribution is -2.40. The van der Waals surface area contributed by atoms with Gasteiger partial charge in [0.1, 0.15) is 22.7 Å². The number of ether oxygens (including phenoxy) is 1. The minimum absolute atomic E-state index is 0.0514. The number of hydrogen-bond acceptors (Lipinski definition) is 6. The lowest BCUT2D eigenvalue weighted by molar-refractivity contribution is -0.125. The molecule has 29 heavy (non-hydrogen) atoms. The van der Waals surface area contributed by atoms with Crippen LogP contribution in [0.2, 0.25) is 0 Å². The minimum atomic E-state index is 0.0514. The van der Waals surface area contributed by atoms with Crippen LogP contribution in [0, 0.1) is 5.92 Å². The van der Waals surface area contributed by atoms with Crippen LogP contribution in [-0.2, 0) is 17.8 Å². The fourth-order valence-corrected chi connectivity index (χ4v) is 4.68. The highest BCUT2D eigenvalue weighted by Crippen LogP contribution is 2.32. The molecule has 4 rings (SSSR count). The van der Waals surface area contributed by atoms with E-state index in [9.17, 15) is 4.79 Å². The molecular formula is C22H26N4O2S. The second-order valence-corrected chi connectivity index (χ2v) is 8.42. The van der Waals surface area contributed by atoms with E-state index in [4.69, 9.17) is 4.74 Å². The molecule has 0 spiro atoms. The number of anilines is 1. The van der Waals surface area contributed by atoms with Gasteiger partial charge in [-0.2, -0.15) is 0 Å². The summed E-state index contributed by atoms with van der Waals surface area (Å²) in [5.74, 6) is 2.01. The summed E-state index contributed by atoms with van der Waals surface area (Å²) in [5, 5.41) is 4.21. The Bertz CT molecular complexity index is 978. The third-order valence-corrected chi connectivity index (χ3v) is 6.69. The summed E-state index contributed by atoms with van der Waals surface area (Å²) in [6.07, 6.45) is 4.34. The zero-order valence-corrected chi connectivity index (χ0v) is 17.7. The van der Waals surface area contributed by atoms with Gasteiger partial charge in [-0.3, -0.25) is 4.79 Å². The molecule has 2 aromatic heterocycles. The van der Waals surface area contributed by atoms with Crippen LogP contribution in [0.4, 0.5) is 5.82 Å². The molecule has 0 aliphatic carbocycles. The number of carbonyl (C=O) groups is 1. The maximum Gasteiger partial charge on any atom is 0.223 e. The van der Waals surface area contributed by atoms with Gasteiger partial charge in [0.2, 0.25) is 5.91 Å². The van der Waals surface area contributed by atoms with Crippen molar-refractivity contribution < 1.29 is 9.53 Å². The lowest BCUT2D eigenvalue weighted by atomic mass is 9.95. The first kappa shape index (κ1) is 19.6. The van der Waals surface area contributed by atoms with Crippen molar-refractivity contribution in [1.29, 1.82) is 0 Å². The van der Waals surface area contributed by atoms with E-state index in [1.54, 1.807) is 24.8 Å². The number of carbonyl (C=O) groups excluding carboxylic acids is 1. The number of nitrogens with zero attached hydrogens (tertiary/aromatic N) is 3. The predicted molar refractivity (Wildman–Crippen MR) is 117 cm³/mol. The molecule has 3 heterocycles. The molecular weight excluding hydrogens is 384 g/mol. The first-order valence-electron chi connectivity index (χ1n) is 10.1. The number of rotatable bonds is 6. The Kier molecular flexibility index (Phi) is 5.94. The Hall–Kier alpha value is -2.67. The van der Waals surface area contributed by atoms with E-state index in [0.717, 1.165) is 59.7 Å². The van der Waals surface area contributed by atoms with Crippen LogP contribution in [0.5, 0.6) is 5.75 Å². The second-order valence-electron chi connectivity index (χ2n) is 7.31. The standard InChI is InChI=1S/C22H26N4O2S/c1-3-18-12-19-20(24-14-25-22(19)29-18)26-10-8-16(9-11-26)21(27)23-13-15-4-6-17(28-2)7-5-15/h4-7,12,14,16H,3,8-11,13H2,1-2H3,(H,23,27). The van der Waals surface area contributed by atoms with Gasteiger partial charge in [0.15, 0.2) is 0 Å². The molecule has 1 aliphatic heterocycles. The third-order valence-electron chi connectivity index (χ3n) is 5.50. The summed E-state index contributed by atoms with van der Waals surface area (Å²) in [5.41, 5.74) is 1.07. The Labute approximate surface area is 174 Å². The van der Waals surface area contributed by atoms with Crippen LogP contribution in [-0.4, -0.2) is 36.1 Å². The number of nitrogens with one attached hydrogen (secondary N) is 1. The van der Waals surface area contributed by atoms with Gasteiger partial charge < -0.3 is 15.0 Å². The molecule has 0 unspecified atom stereocenters. The number of aromatic nitrogens is 2. The number of benzene rings is 1. The van der Waals surface area contributed by atoms with Gasteiger partial charge in [0, 0.05) is 30.4 Å². The van der Waals surface area contributed by atoms with E-state index in [0.29, 0.717) is 6.54 Å². The van der Waals surface area contributed by atoms with Crippen molar-refractivity contribution in [3.63, 3.8) is 0 Å². The van der Waals surface area contributed by atoms with Gasteiger partial charge in [-0.15, -0.1) is 11.3 Å². The molecule has 1 aromatic carbocycles. The van der Waals surface area contributed by atoms with Gasteiger partial charge in [0.25, 0.3) is 0 Å². The highest BCUT2D eigenvalue weighted by Gasteiger charge is 2.26. The Morgan fingerprint density at radius 1 is 1.24 bits per heavy atom. The van der Waals surface area contributed by atoms with Crippen molar-refractivity contribution in [3.05, 3.63) is 47.1 Å². The van der Waals surface area contributed by atoms with Crippen LogP contribution >= 0.6 is 11.3 Å². The second kappa shape index (κ2) is 8.78. The number of thiophene rings is 1. The average Bonchev–Trinajstić information content (AvgIpc) is 3.21. The first-order valence-corrected chi connectivity index (χ1v) is 10.9. The molecule has 1 N–H and O–H groups in total. The van der Waals surface area contributed by atoms with Crippen LogP contribution in [0.25, 0.3) is 10.2 Å². The molecule has 1 fully saturated rings. The number of amides is 1. The molecule has 1 aliphatic rings. The van der Waals surface area contributed by atoms with E-state index >= 15 is 0 Å². The summed E-state index contributed by atoms with van der Waals surface area (Å²) in [6.45, 7) is 4.38. The summed E-state index contributed by atoms with van der Waals surface area (Å²) in [4.78, 5) is 26.3. The molecule has 152 valence electrons. The Morgan fingerprint density at radius 2 is 2.00 bits per heavy atom. The predicted octanol–water partition coefficient (Wildman–Crippen LogP) is 3.80. The van der Waals surface area contributed by atoms with Gasteiger partial charge in [-0.1, -0.05) is 19.1 Å². The zero-order valence-electron chi connectivity index (χ0n) is 16.9. The highest BCUT2D eigenvalue weighted by molar-refractivity contribution is 7.18. The zero-order chi connectivity index (χ0) is 20.2. The molecule has 0 saturated carbocycles. The Morgan fingerprint density at radius 3 is 2.69 bits per heavy atom. The monoisotopic (exact) mass is 410 g/mol. The fraction of sp³-hybridized carbons (Fsp3) is 0.409. The number of fused-ring (bicyclic) bond motifs is 1. The van der Waals surface area contributed by atoms with Crippen molar-refractivity contribution >= 4 is 33.3 Å². The largest absolute Gasteiger partial charge is 0.497 e. The van der Waals surface area contributed by atoms with E-state index in [2.05, 4.69) is 33.2 Å². The quantitative estimate of drug-likeness (QED) is 0.670. The van der Waals surface area contributed by atoms with E-state index < -0.39 is 0 Å². The van der Waals surface area contributed by atoms with Crippen LogP contribution < -0.4 is 15.0 Å². The number of piperidine rings is 1. The summed E-state index contributed by atoms with van der Waals surface area (Å²) in [6, 6.07) is 10.00. The minimum Gasteiger partial charge on any atom is -0.497 e. The summed E-state index contributed by atoms with van der Waals surface area (Å²) >= 11 is 1.74.